The van der Waals surface area contributed by atoms with Crippen LogP contribution in [-0.2, 0) is 10.7 Å². The molecular formula is C28H36BrF2N3O3S. The molecule has 10 heteroatoms. The number of ether oxygens (including phenoxy) is 2. The van der Waals surface area contributed by atoms with Crippen LogP contribution in [0.1, 0.15) is 50.5 Å². The van der Waals surface area contributed by atoms with E-state index >= 15 is 8.78 Å². The number of piperidine rings is 1. The SMILES string of the molecule is COc1cc(C(F)(F)C(NSc2ccc(OCC3CCCCC3)cc2)C(=O)N2CCC(N)CC2)ccc1Br. The van der Waals surface area contributed by atoms with E-state index in [0.29, 0.717) is 47.8 Å². The molecule has 2 aliphatic rings. The lowest BCUT2D eigenvalue weighted by Gasteiger charge is -2.35. The number of methoxy groups -OCH3 is 1. The van der Waals surface area contributed by atoms with Crippen molar-refractivity contribution in [3.05, 3.63) is 52.5 Å². The molecule has 0 radical (unpaired) electrons. The summed E-state index contributed by atoms with van der Waals surface area (Å²) in [6.45, 7) is 1.41. The number of amides is 1. The Kier molecular flexibility index (Phi) is 10.3. The third-order valence-corrected chi connectivity index (χ3v) is 8.84. The molecule has 2 fully saturated rings. The molecule has 1 aliphatic carbocycles. The highest BCUT2D eigenvalue weighted by molar-refractivity contribution is 9.10. The Bertz CT molecular complexity index is 1060. The fraction of sp³-hybridized carbons (Fsp3) is 0.536. The van der Waals surface area contributed by atoms with Crippen molar-refractivity contribution in [3.63, 3.8) is 0 Å². The number of hydrogen-bond acceptors (Lipinski definition) is 6. The molecule has 1 saturated carbocycles. The highest BCUT2D eigenvalue weighted by Crippen LogP contribution is 2.38. The normalized spacial score (nSPS) is 18.3. The van der Waals surface area contributed by atoms with Crippen LogP contribution < -0.4 is 19.9 Å². The van der Waals surface area contributed by atoms with Gasteiger partial charge < -0.3 is 20.1 Å². The molecule has 3 N–H and O–H groups in total. The Morgan fingerprint density at radius 1 is 1.13 bits per heavy atom. The van der Waals surface area contributed by atoms with E-state index in [-0.39, 0.29) is 17.4 Å². The van der Waals surface area contributed by atoms with Crippen LogP contribution in [-0.4, -0.2) is 49.7 Å². The van der Waals surface area contributed by atoms with Gasteiger partial charge >= 0.3 is 0 Å². The Morgan fingerprint density at radius 3 is 2.47 bits per heavy atom. The number of nitrogens with two attached hydrogens (primary N) is 1. The molecule has 38 heavy (non-hydrogen) atoms. The van der Waals surface area contributed by atoms with Gasteiger partial charge in [0.25, 0.3) is 5.92 Å². The second-order valence-electron chi connectivity index (χ2n) is 10.1. The molecule has 2 aromatic carbocycles. The Labute approximate surface area is 236 Å². The number of nitrogens with zero attached hydrogens (tertiary/aromatic N) is 1. The van der Waals surface area contributed by atoms with Crippen molar-refractivity contribution >= 4 is 33.8 Å². The fourth-order valence-corrected chi connectivity index (χ4v) is 6.10. The summed E-state index contributed by atoms with van der Waals surface area (Å²) in [4.78, 5) is 15.6. The highest BCUT2D eigenvalue weighted by atomic mass is 79.9. The first-order valence-corrected chi connectivity index (χ1v) is 14.8. The van der Waals surface area contributed by atoms with Crippen LogP contribution in [0, 0.1) is 5.92 Å². The van der Waals surface area contributed by atoms with Crippen LogP contribution in [0.25, 0.3) is 0 Å². The molecular weight excluding hydrogens is 576 g/mol. The number of nitrogens with one attached hydrogen (secondary N) is 1. The molecule has 1 unspecified atom stereocenters. The summed E-state index contributed by atoms with van der Waals surface area (Å²) in [6.07, 6.45) is 7.41. The highest BCUT2D eigenvalue weighted by Gasteiger charge is 2.48. The lowest BCUT2D eigenvalue weighted by molar-refractivity contribution is -0.145. The monoisotopic (exact) mass is 611 g/mol. The van der Waals surface area contributed by atoms with Crippen molar-refractivity contribution in [3.8, 4) is 11.5 Å². The molecule has 0 spiro atoms. The van der Waals surface area contributed by atoms with E-state index in [0.717, 1.165) is 17.7 Å². The van der Waals surface area contributed by atoms with Gasteiger partial charge in [0.15, 0.2) is 6.04 Å². The second kappa shape index (κ2) is 13.5. The zero-order chi connectivity index (χ0) is 27.1. The number of hydrogen-bond donors (Lipinski definition) is 2. The lowest BCUT2D eigenvalue weighted by Crippen LogP contribution is -2.55. The number of benzene rings is 2. The zero-order valence-electron chi connectivity index (χ0n) is 21.6. The summed E-state index contributed by atoms with van der Waals surface area (Å²) < 4.78 is 46.4. The van der Waals surface area contributed by atoms with Gasteiger partial charge in [-0.05, 0) is 95.9 Å². The summed E-state index contributed by atoms with van der Waals surface area (Å²) in [5.74, 6) is -2.53. The quantitative estimate of drug-likeness (QED) is 0.315. The van der Waals surface area contributed by atoms with Crippen LogP contribution in [0.4, 0.5) is 8.78 Å². The van der Waals surface area contributed by atoms with E-state index in [9.17, 15) is 4.79 Å². The molecule has 4 rings (SSSR count). The molecule has 1 amide bonds. The standard InChI is InChI=1S/C28H36BrF2N3O3S/c1-36-25-17-20(7-12-24(25)29)28(30,31)26(27(35)34-15-13-21(32)14-16-34)33-38-23-10-8-22(9-11-23)37-18-19-5-3-2-4-6-19/h7-12,17,19,21,26,33H,2-6,13-16,18,32H2,1H3. The topological polar surface area (TPSA) is 76.8 Å². The van der Waals surface area contributed by atoms with Crippen molar-refractivity contribution in [2.24, 2.45) is 11.7 Å². The van der Waals surface area contributed by atoms with Gasteiger partial charge in [0.2, 0.25) is 5.91 Å². The predicted molar refractivity (Wildman–Crippen MR) is 150 cm³/mol. The van der Waals surface area contributed by atoms with E-state index < -0.39 is 17.9 Å². The molecule has 0 aromatic heterocycles. The minimum absolute atomic E-state index is 0.0186. The third-order valence-electron chi connectivity index (χ3n) is 7.33. The maximum absolute atomic E-state index is 16.0. The number of likely N-dealkylation sites (tertiary alicyclic amines) is 1. The Hall–Kier alpha value is -1.88. The minimum atomic E-state index is -3.50. The first-order valence-electron chi connectivity index (χ1n) is 13.2. The van der Waals surface area contributed by atoms with Crippen LogP contribution in [0.2, 0.25) is 0 Å². The van der Waals surface area contributed by atoms with Gasteiger partial charge in [-0.2, -0.15) is 8.78 Å². The molecule has 1 saturated heterocycles. The summed E-state index contributed by atoms with van der Waals surface area (Å²) >= 11 is 4.32. The second-order valence-corrected chi connectivity index (χ2v) is 11.8. The van der Waals surface area contributed by atoms with Gasteiger partial charge in [0.05, 0.1) is 18.2 Å². The first kappa shape index (κ1) is 29.1. The average molecular weight is 613 g/mol. The van der Waals surface area contributed by atoms with Crippen LogP contribution >= 0.6 is 27.9 Å². The molecule has 1 aliphatic heterocycles. The molecule has 2 aromatic rings. The van der Waals surface area contributed by atoms with E-state index in [1.807, 2.05) is 24.3 Å². The zero-order valence-corrected chi connectivity index (χ0v) is 24.0. The van der Waals surface area contributed by atoms with Crippen LogP contribution in [0.15, 0.2) is 51.8 Å². The van der Waals surface area contributed by atoms with Gasteiger partial charge in [-0.3, -0.25) is 4.79 Å². The maximum Gasteiger partial charge on any atom is 0.298 e. The Balaban J connectivity index is 1.47. The summed E-state index contributed by atoms with van der Waals surface area (Å²) in [5.41, 5.74) is 5.67. The third kappa shape index (κ3) is 7.40. The van der Waals surface area contributed by atoms with Crippen molar-refractivity contribution in [1.82, 2.24) is 9.62 Å². The number of carbonyl (C=O) groups is 1. The van der Waals surface area contributed by atoms with Crippen molar-refractivity contribution in [1.29, 1.82) is 0 Å². The number of carbonyl (C=O) groups excluding carboxylic acids is 1. The van der Waals surface area contributed by atoms with Crippen molar-refractivity contribution in [2.75, 3.05) is 26.8 Å². The molecule has 208 valence electrons. The smallest absolute Gasteiger partial charge is 0.298 e. The summed E-state index contributed by atoms with van der Waals surface area (Å²) in [5, 5.41) is 0. The molecule has 1 heterocycles. The van der Waals surface area contributed by atoms with Gasteiger partial charge in [0.1, 0.15) is 11.5 Å². The minimum Gasteiger partial charge on any atom is -0.496 e. The van der Waals surface area contributed by atoms with E-state index in [2.05, 4.69) is 20.7 Å². The van der Waals surface area contributed by atoms with E-state index in [1.165, 1.54) is 62.3 Å². The maximum atomic E-state index is 16.0. The Morgan fingerprint density at radius 2 is 1.82 bits per heavy atom. The lowest BCUT2D eigenvalue weighted by atomic mass is 9.90. The van der Waals surface area contributed by atoms with Crippen molar-refractivity contribution in [2.45, 2.75) is 67.8 Å². The van der Waals surface area contributed by atoms with Gasteiger partial charge in [0, 0.05) is 29.6 Å². The van der Waals surface area contributed by atoms with Gasteiger partial charge in [-0.1, -0.05) is 25.3 Å². The first-order chi connectivity index (χ1) is 18.3. The fourth-order valence-electron chi connectivity index (χ4n) is 4.91. The van der Waals surface area contributed by atoms with Crippen molar-refractivity contribution < 1.29 is 23.0 Å². The number of alkyl halides is 2. The van der Waals surface area contributed by atoms with Gasteiger partial charge in [-0.15, -0.1) is 0 Å². The largest absolute Gasteiger partial charge is 0.496 e. The average Bonchev–Trinajstić information content (AvgIpc) is 2.93. The van der Waals surface area contributed by atoms with Crippen LogP contribution in [0.3, 0.4) is 0 Å². The summed E-state index contributed by atoms with van der Waals surface area (Å²) in [7, 11) is 1.41. The van der Waals surface area contributed by atoms with Crippen LogP contribution in [0.5, 0.6) is 11.5 Å². The number of rotatable bonds is 10. The predicted octanol–water partition coefficient (Wildman–Crippen LogP) is 6.12. The molecule has 1 atom stereocenters. The van der Waals surface area contributed by atoms with E-state index in [1.54, 1.807) is 0 Å². The number of halogens is 3. The molecule has 6 nitrogen and oxygen atoms in total. The summed E-state index contributed by atoms with van der Waals surface area (Å²) in [6, 6.07) is 9.59. The van der Waals surface area contributed by atoms with Gasteiger partial charge in [-0.25, -0.2) is 4.72 Å². The molecule has 0 bridgehead atoms. The van der Waals surface area contributed by atoms with E-state index in [4.69, 9.17) is 15.2 Å².